The van der Waals surface area contributed by atoms with Gasteiger partial charge in [0.2, 0.25) is 5.91 Å². The highest BCUT2D eigenvalue weighted by atomic mass is 19.3. The van der Waals surface area contributed by atoms with E-state index in [1.165, 1.54) is 6.42 Å². The summed E-state index contributed by atoms with van der Waals surface area (Å²) in [6.07, 6.45) is 4.62. The van der Waals surface area contributed by atoms with Gasteiger partial charge in [-0.05, 0) is 25.0 Å². The molecule has 0 spiro atoms. The van der Waals surface area contributed by atoms with Gasteiger partial charge in [0, 0.05) is 18.8 Å². The standard InChI is InChI=1S/C20H25F2N3O2/c21-20(22)11-19(12-20,13-26)24-17(27)10-25-16-9-5-4-8-15(16)23-18(25)14-6-2-1-3-7-14/h4-5,8-9,14,26H,1-3,6-7,10-13H2,(H,24,27). The van der Waals surface area contributed by atoms with Crippen LogP contribution in [0.3, 0.4) is 0 Å². The van der Waals surface area contributed by atoms with Crippen LogP contribution in [0.5, 0.6) is 0 Å². The van der Waals surface area contributed by atoms with E-state index < -0.39 is 30.9 Å². The van der Waals surface area contributed by atoms with Crippen molar-refractivity contribution in [2.24, 2.45) is 0 Å². The van der Waals surface area contributed by atoms with Crippen LogP contribution >= 0.6 is 0 Å². The summed E-state index contributed by atoms with van der Waals surface area (Å²) in [7, 11) is 0. The molecule has 2 aliphatic rings. The fraction of sp³-hybridized carbons (Fsp3) is 0.600. The number of halogens is 2. The Kier molecular flexibility index (Phi) is 4.66. The van der Waals surface area contributed by atoms with Crippen molar-refractivity contribution in [3.63, 3.8) is 0 Å². The van der Waals surface area contributed by atoms with Crippen molar-refractivity contribution >= 4 is 16.9 Å². The number of nitrogens with zero attached hydrogens (tertiary/aromatic N) is 2. The van der Waals surface area contributed by atoms with Gasteiger partial charge < -0.3 is 15.0 Å². The molecule has 1 heterocycles. The molecule has 0 radical (unpaired) electrons. The first-order chi connectivity index (χ1) is 12.9. The van der Waals surface area contributed by atoms with Crippen molar-refractivity contribution in [1.82, 2.24) is 14.9 Å². The average Bonchev–Trinajstić information content (AvgIpc) is 2.99. The Balaban J connectivity index is 1.58. The summed E-state index contributed by atoms with van der Waals surface area (Å²) in [6.45, 7) is -0.450. The number of rotatable bonds is 5. The summed E-state index contributed by atoms with van der Waals surface area (Å²) in [5, 5.41) is 12.2. The van der Waals surface area contributed by atoms with Crippen molar-refractivity contribution in [3.05, 3.63) is 30.1 Å². The van der Waals surface area contributed by atoms with E-state index in [4.69, 9.17) is 4.98 Å². The smallest absolute Gasteiger partial charge is 0.252 e. The summed E-state index contributed by atoms with van der Waals surface area (Å²) in [6, 6.07) is 7.69. The third-order valence-electron chi connectivity index (χ3n) is 5.86. The lowest BCUT2D eigenvalue weighted by atomic mass is 9.74. The van der Waals surface area contributed by atoms with E-state index in [0.29, 0.717) is 5.92 Å². The van der Waals surface area contributed by atoms with Crippen LogP contribution in [0.1, 0.15) is 56.7 Å². The zero-order valence-electron chi connectivity index (χ0n) is 15.3. The number of aromatic nitrogens is 2. The monoisotopic (exact) mass is 377 g/mol. The Morgan fingerprint density at radius 1 is 1.22 bits per heavy atom. The van der Waals surface area contributed by atoms with Gasteiger partial charge in [0.05, 0.1) is 23.2 Å². The molecule has 4 rings (SSSR count). The average molecular weight is 377 g/mol. The maximum Gasteiger partial charge on any atom is 0.252 e. The molecule has 0 aliphatic heterocycles. The van der Waals surface area contributed by atoms with Gasteiger partial charge in [0.1, 0.15) is 12.4 Å². The van der Waals surface area contributed by atoms with Crippen molar-refractivity contribution in [3.8, 4) is 0 Å². The maximum absolute atomic E-state index is 13.3. The molecule has 0 unspecified atom stereocenters. The Morgan fingerprint density at radius 2 is 1.93 bits per heavy atom. The van der Waals surface area contributed by atoms with E-state index in [1.807, 2.05) is 28.8 Å². The van der Waals surface area contributed by atoms with Crippen LogP contribution in [-0.4, -0.2) is 38.6 Å². The number of benzene rings is 1. The molecule has 0 atom stereocenters. The second kappa shape index (κ2) is 6.86. The predicted octanol–water partition coefficient (Wildman–Crippen LogP) is 3.36. The molecule has 1 aromatic carbocycles. The van der Waals surface area contributed by atoms with Crippen LogP contribution in [-0.2, 0) is 11.3 Å². The van der Waals surface area contributed by atoms with Gasteiger partial charge in [-0.2, -0.15) is 0 Å². The molecule has 2 aromatic rings. The number of alkyl halides is 2. The lowest BCUT2D eigenvalue weighted by Gasteiger charge is -2.46. The minimum absolute atomic E-state index is 0.0274. The highest BCUT2D eigenvalue weighted by Gasteiger charge is 2.57. The Labute approximate surface area is 156 Å². The number of nitrogens with one attached hydrogen (secondary N) is 1. The number of imidazole rings is 1. The van der Waals surface area contributed by atoms with E-state index in [-0.39, 0.29) is 12.5 Å². The Morgan fingerprint density at radius 3 is 2.59 bits per heavy atom. The van der Waals surface area contributed by atoms with Crippen molar-refractivity contribution < 1.29 is 18.7 Å². The van der Waals surface area contributed by atoms with Gasteiger partial charge in [-0.15, -0.1) is 0 Å². The minimum Gasteiger partial charge on any atom is -0.394 e. The van der Waals surface area contributed by atoms with Gasteiger partial charge >= 0.3 is 0 Å². The summed E-state index contributed by atoms with van der Waals surface area (Å²) in [5.41, 5.74) is 0.519. The van der Waals surface area contributed by atoms with Crippen LogP contribution in [0.2, 0.25) is 0 Å². The van der Waals surface area contributed by atoms with Gasteiger partial charge in [0.25, 0.3) is 5.92 Å². The minimum atomic E-state index is -2.81. The lowest BCUT2D eigenvalue weighted by molar-refractivity contribution is -0.156. The molecule has 1 amide bonds. The summed E-state index contributed by atoms with van der Waals surface area (Å²) < 4.78 is 28.5. The number of hydrogen-bond acceptors (Lipinski definition) is 3. The van der Waals surface area contributed by atoms with Gasteiger partial charge in [-0.25, -0.2) is 13.8 Å². The third-order valence-corrected chi connectivity index (χ3v) is 5.86. The van der Waals surface area contributed by atoms with E-state index in [9.17, 15) is 18.7 Å². The first-order valence-corrected chi connectivity index (χ1v) is 9.66. The number of carbonyl (C=O) groups excluding carboxylic acids is 1. The lowest BCUT2D eigenvalue weighted by Crippen LogP contribution is -2.64. The Hall–Kier alpha value is -2.02. The van der Waals surface area contributed by atoms with Crippen LogP contribution < -0.4 is 5.32 Å². The normalized spacial score (nSPS) is 21.7. The van der Waals surface area contributed by atoms with Crippen molar-refractivity contribution in [2.75, 3.05) is 6.61 Å². The van der Waals surface area contributed by atoms with E-state index >= 15 is 0 Å². The Bertz CT molecular complexity index is 835. The fourth-order valence-corrected chi connectivity index (χ4v) is 4.59. The molecule has 2 aliphatic carbocycles. The molecule has 146 valence electrons. The van der Waals surface area contributed by atoms with Crippen molar-refractivity contribution in [2.45, 2.75) is 68.9 Å². The van der Waals surface area contributed by atoms with Crippen LogP contribution in [0.4, 0.5) is 8.78 Å². The number of hydrogen-bond donors (Lipinski definition) is 2. The van der Waals surface area contributed by atoms with Crippen LogP contribution in [0.25, 0.3) is 11.0 Å². The predicted molar refractivity (Wildman–Crippen MR) is 97.7 cm³/mol. The van der Waals surface area contributed by atoms with Gasteiger partial charge in [0.15, 0.2) is 0 Å². The summed E-state index contributed by atoms with van der Waals surface area (Å²) in [4.78, 5) is 17.4. The van der Waals surface area contributed by atoms with E-state index in [0.717, 1.165) is 42.5 Å². The molecular weight excluding hydrogens is 352 g/mol. The molecule has 2 saturated carbocycles. The first-order valence-electron chi connectivity index (χ1n) is 9.66. The fourth-order valence-electron chi connectivity index (χ4n) is 4.59. The second-order valence-electron chi connectivity index (χ2n) is 8.08. The van der Waals surface area contributed by atoms with E-state index in [2.05, 4.69) is 5.32 Å². The number of amides is 1. The molecule has 27 heavy (non-hydrogen) atoms. The molecular formula is C20H25F2N3O2. The van der Waals surface area contributed by atoms with E-state index in [1.54, 1.807) is 0 Å². The number of aliphatic hydroxyl groups excluding tert-OH is 1. The molecule has 0 saturated heterocycles. The molecule has 2 N–H and O–H groups in total. The number of fused-ring (bicyclic) bond motifs is 1. The summed E-state index contributed by atoms with van der Waals surface area (Å²) >= 11 is 0. The first kappa shape index (κ1) is 18.3. The highest BCUT2D eigenvalue weighted by Crippen LogP contribution is 2.45. The van der Waals surface area contributed by atoms with Crippen LogP contribution in [0.15, 0.2) is 24.3 Å². The number of para-hydroxylation sites is 2. The number of aliphatic hydroxyl groups is 1. The zero-order valence-corrected chi connectivity index (χ0v) is 15.3. The molecule has 5 nitrogen and oxygen atoms in total. The van der Waals surface area contributed by atoms with Crippen LogP contribution in [0, 0.1) is 0 Å². The maximum atomic E-state index is 13.3. The second-order valence-corrected chi connectivity index (χ2v) is 8.08. The molecule has 2 fully saturated rings. The molecule has 1 aromatic heterocycles. The SMILES string of the molecule is O=C(Cn1c(C2CCCCC2)nc2ccccc21)NC1(CO)CC(F)(F)C1. The quantitative estimate of drug-likeness (QED) is 0.840. The highest BCUT2D eigenvalue weighted by molar-refractivity contribution is 5.81. The summed E-state index contributed by atoms with van der Waals surface area (Å²) in [5.74, 6) is -1.95. The topological polar surface area (TPSA) is 67.2 Å². The van der Waals surface area contributed by atoms with Crippen molar-refractivity contribution in [1.29, 1.82) is 0 Å². The van der Waals surface area contributed by atoms with Gasteiger partial charge in [-0.1, -0.05) is 31.4 Å². The number of carbonyl (C=O) groups is 1. The third kappa shape index (κ3) is 3.57. The molecule has 7 heteroatoms. The van der Waals surface area contributed by atoms with Gasteiger partial charge in [-0.3, -0.25) is 4.79 Å². The molecule has 0 bridgehead atoms. The zero-order chi connectivity index (χ0) is 19.1. The largest absolute Gasteiger partial charge is 0.394 e.